The first-order valence-electron chi connectivity index (χ1n) is 8.77. The van der Waals surface area contributed by atoms with Gasteiger partial charge in [-0.3, -0.25) is 15.0 Å². The lowest BCUT2D eigenvalue weighted by atomic mass is 10.2. The van der Waals surface area contributed by atoms with Crippen LogP contribution in [-0.4, -0.2) is 36.1 Å². The molecule has 1 aliphatic rings. The van der Waals surface area contributed by atoms with Gasteiger partial charge >= 0.3 is 6.03 Å². The lowest BCUT2D eigenvalue weighted by Gasteiger charge is -2.15. The van der Waals surface area contributed by atoms with E-state index in [1.54, 1.807) is 0 Å². The molecule has 0 radical (unpaired) electrons. The van der Waals surface area contributed by atoms with Crippen molar-refractivity contribution in [1.82, 2.24) is 4.90 Å². The Kier molecular flexibility index (Phi) is 5.87. The first-order valence-corrected chi connectivity index (χ1v) is 8.77. The standard InChI is InChI=1S/C19H22N4O4/c1-27-18-12-16(23(25)26)8-9-17(18)21-19(24)20-15-6-4-14(5-7-15)13-22-10-2-3-11-22/h4-9,12H,2-3,10-11,13H2,1H3,(H2,20,21,24). The molecule has 1 saturated heterocycles. The maximum absolute atomic E-state index is 12.2. The van der Waals surface area contributed by atoms with Gasteiger partial charge in [0.25, 0.3) is 5.69 Å². The summed E-state index contributed by atoms with van der Waals surface area (Å²) in [6.07, 6.45) is 2.51. The highest BCUT2D eigenvalue weighted by Gasteiger charge is 2.14. The molecule has 0 unspecified atom stereocenters. The Morgan fingerprint density at radius 2 is 1.85 bits per heavy atom. The number of anilines is 2. The molecule has 2 N–H and O–H groups in total. The molecule has 2 aromatic rings. The first kappa shape index (κ1) is 18.7. The van der Waals surface area contributed by atoms with Crippen molar-refractivity contribution in [2.75, 3.05) is 30.8 Å². The highest BCUT2D eigenvalue weighted by molar-refractivity contribution is 6.00. The Morgan fingerprint density at radius 1 is 1.15 bits per heavy atom. The number of nitro benzene ring substituents is 1. The van der Waals surface area contributed by atoms with Crippen molar-refractivity contribution in [2.24, 2.45) is 0 Å². The summed E-state index contributed by atoms with van der Waals surface area (Å²) in [6.45, 7) is 3.20. The normalized spacial score (nSPS) is 14.0. The number of benzene rings is 2. The summed E-state index contributed by atoms with van der Waals surface area (Å²) in [5.41, 5.74) is 2.12. The van der Waals surface area contributed by atoms with Gasteiger partial charge in [-0.25, -0.2) is 4.79 Å². The molecule has 0 aliphatic carbocycles. The second-order valence-corrected chi connectivity index (χ2v) is 6.40. The summed E-state index contributed by atoms with van der Waals surface area (Å²) < 4.78 is 5.11. The van der Waals surface area contributed by atoms with Gasteiger partial charge in [0.05, 0.1) is 23.8 Å². The average Bonchev–Trinajstić information content (AvgIpc) is 3.16. The Hall–Kier alpha value is -3.13. The lowest BCUT2D eigenvalue weighted by Crippen LogP contribution is -2.20. The van der Waals surface area contributed by atoms with Crippen molar-refractivity contribution in [3.8, 4) is 5.75 Å². The molecule has 3 rings (SSSR count). The van der Waals surface area contributed by atoms with Gasteiger partial charge in [0.15, 0.2) is 0 Å². The first-order chi connectivity index (χ1) is 13.0. The quantitative estimate of drug-likeness (QED) is 0.595. The van der Waals surface area contributed by atoms with Crippen molar-refractivity contribution in [3.63, 3.8) is 0 Å². The number of urea groups is 1. The fourth-order valence-electron chi connectivity index (χ4n) is 3.07. The zero-order valence-electron chi connectivity index (χ0n) is 15.1. The van der Waals surface area contributed by atoms with Gasteiger partial charge in [-0.15, -0.1) is 0 Å². The maximum Gasteiger partial charge on any atom is 0.323 e. The molecule has 0 spiro atoms. The van der Waals surface area contributed by atoms with Gasteiger partial charge in [-0.1, -0.05) is 12.1 Å². The molecule has 8 nitrogen and oxygen atoms in total. The molecule has 8 heteroatoms. The van der Waals surface area contributed by atoms with Crippen LogP contribution in [-0.2, 0) is 6.54 Å². The average molecular weight is 370 g/mol. The number of likely N-dealkylation sites (tertiary alicyclic amines) is 1. The summed E-state index contributed by atoms with van der Waals surface area (Å²) in [7, 11) is 1.39. The highest BCUT2D eigenvalue weighted by atomic mass is 16.6. The summed E-state index contributed by atoms with van der Waals surface area (Å²) in [6, 6.07) is 11.3. The Balaban J connectivity index is 1.59. The van der Waals surface area contributed by atoms with Crippen molar-refractivity contribution in [3.05, 3.63) is 58.1 Å². The number of carbonyl (C=O) groups excluding carboxylic acids is 1. The molecular formula is C19H22N4O4. The Morgan fingerprint density at radius 3 is 2.48 bits per heavy atom. The largest absolute Gasteiger partial charge is 0.494 e. The number of nitrogens with one attached hydrogen (secondary N) is 2. The molecule has 1 aliphatic heterocycles. The summed E-state index contributed by atoms with van der Waals surface area (Å²) in [4.78, 5) is 24.9. The smallest absolute Gasteiger partial charge is 0.323 e. The van der Waals surface area contributed by atoms with Crippen molar-refractivity contribution >= 4 is 23.1 Å². The molecule has 0 atom stereocenters. The van der Waals surface area contributed by atoms with Crippen LogP contribution in [0.5, 0.6) is 5.75 Å². The van der Waals surface area contributed by atoms with Crippen molar-refractivity contribution in [2.45, 2.75) is 19.4 Å². The number of rotatable bonds is 6. The van der Waals surface area contributed by atoms with Crippen LogP contribution in [0.1, 0.15) is 18.4 Å². The van der Waals surface area contributed by atoms with Crippen LogP contribution >= 0.6 is 0 Å². The van der Waals surface area contributed by atoms with E-state index in [0.29, 0.717) is 11.4 Å². The SMILES string of the molecule is COc1cc([N+](=O)[O-])ccc1NC(=O)Nc1ccc(CN2CCCC2)cc1. The van der Waals surface area contributed by atoms with Crippen LogP contribution in [0.25, 0.3) is 0 Å². The molecule has 2 amide bonds. The minimum Gasteiger partial charge on any atom is -0.494 e. The Bertz CT molecular complexity index is 817. The number of ether oxygens (including phenoxy) is 1. The number of nitrogens with zero attached hydrogens (tertiary/aromatic N) is 2. The van der Waals surface area contributed by atoms with Gasteiger partial charge in [-0.2, -0.15) is 0 Å². The van der Waals surface area contributed by atoms with Crippen LogP contribution in [0.4, 0.5) is 21.9 Å². The molecule has 1 heterocycles. The second-order valence-electron chi connectivity index (χ2n) is 6.40. The minimum atomic E-state index is -0.518. The molecular weight excluding hydrogens is 348 g/mol. The summed E-state index contributed by atoms with van der Waals surface area (Å²) >= 11 is 0. The number of hydrogen-bond donors (Lipinski definition) is 2. The molecule has 0 aromatic heterocycles. The van der Waals surface area contributed by atoms with Crippen LogP contribution in [0.2, 0.25) is 0 Å². The topological polar surface area (TPSA) is 96.7 Å². The molecule has 27 heavy (non-hydrogen) atoms. The maximum atomic E-state index is 12.2. The monoisotopic (exact) mass is 370 g/mol. The zero-order chi connectivity index (χ0) is 19.2. The van der Waals surface area contributed by atoms with E-state index in [0.717, 1.165) is 19.6 Å². The Labute approximate surface area is 157 Å². The van der Waals surface area contributed by atoms with Gasteiger partial charge < -0.3 is 15.4 Å². The van der Waals surface area contributed by atoms with E-state index in [9.17, 15) is 14.9 Å². The predicted octanol–water partition coefficient (Wildman–Crippen LogP) is 3.84. The highest BCUT2D eigenvalue weighted by Crippen LogP contribution is 2.29. The van der Waals surface area contributed by atoms with Crippen LogP contribution in [0.15, 0.2) is 42.5 Å². The number of non-ortho nitro benzene ring substituents is 1. The minimum absolute atomic E-state index is 0.105. The molecule has 0 saturated carbocycles. The molecule has 2 aromatic carbocycles. The number of hydrogen-bond acceptors (Lipinski definition) is 5. The third-order valence-electron chi connectivity index (χ3n) is 4.46. The fraction of sp³-hybridized carbons (Fsp3) is 0.316. The number of amides is 2. The van der Waals surface area contributed by atoms with Gasteiger partial charge in [-0.05, 0) is 49.7 Å². The predicted molar refractivity (Wildman–Crippen MR) is 103 cm³/mol. The van der Waals surface area contributed by atoms with E-state index in [1.807, 2.05) is 24.3 Å². The second kappa shape index (κ2) is 8.50. The van der Waals surface area contributed by atoms with Crippen molar-refractivity contribution in [1.29, 1.82) is 0 Å². The van der Waals surface area contributed by atoms with Crippen LogP contribution in [0.3, 0.4) is 0 Å². The molecule has 1 fully saturated rings. The summed E-state index contributed by atoms with van der Waals surface area (Å²) in [5.74, 6) is 0.223. The zero-order valence-corrected chi connectivity index (χ0v) is 15.1. The van der Waals surface area contributed by atoms with E-state index in [-0.39, 0.29) is 11.4 Å². The van der Waals surface area contributed by atoms with E-state index in [1.165, 1.54) is 43.7 Å². The molecule has 142 valence electrons. The third kappa shape index (κ3) is 4.95. The number of nitro groups is 1. The lowest BCUT2D eigenvalue weighted by molar-refractivity contribution is -0.384. The molecule has 0 bridgehead atoms. The summed E-state index contributed by atoms with van der Waals surface area (Å²) in [5, 5.41) is 16.2. The number of carbonyl (C=O) groups is 1. The fourth-order valence-corrected chi connectivity index (χ4v) is 3.07. The van der Waals surface area contributed by atoms with Crippen molar-refractivity contribution < 1.29 is 14.5 Å². The van der Waals surface area contributed by atoms with Gasteiger partial charge in [0.2, 0.25) is 0 Å². The van der Waals surface area contributed by atoms with Gasteiger partial charge in [0.1, 0.15) is 5.75 Å². The van der Waals surface area contributed by atoms with E-state index in [4.69, 9.17) is 4.74 Å². The third-order valence-corrected chi connectivity index (χ3v) is 4.46. The van der Waals surface area contributed by atoms with E-state index < -0.39 is 11.0 Å². The van der Waals surface area contributed by atoms with Gasteiger partial charge in [0, 0.05) is 18.3 Å². The van der Waals surface area contributed by atoms with E-state index in [2.05, 4.69) is 15.5 Å². The number of methoxy groups -OCH3 is 1. The van der Waals surface area contributed by atoms with Crippen LogP contribution < -0.4 is 15.4 Å². The van der Waals surface area contributed by atoms with Crippen LogP contribution in [0, 0.1) is 10.1 Å². The van der Waals surface area contributed by atoms with E-state index >= 15 is 0 Å².